The van der Waals surface area contributed by atoms with Crippen molar-refractivity contribution in [1.82, 2.24) is 4.98 Å². The molecule has 20 heavy (non-hydrogen) atoms. The van der Waals surface area contributed by atoms with Gasteiger partial charge in [0.1, 0.15) is 0 Å². The van der Waals surface area contributed by atoms with E-state index < -0.39 is 0 Å². The minimum Gasteiger partial charge on any atom is -0.256 e. The first-order valence-electron chi connectivity index (χ1n) is 6.21. The number of pyridine rings is 1. The van der Waals surface area contributed by atoms with Crippen LogP contribution >= 0.6 is 23.2 Å². The van der Waals surface area contributed by atoms with Crippen molar-refractivity contribution in [3.8, 4) is 22.4 Å². The maximum atomic E-state index is 6.18. The Morgan fingerprint density at radius 2 is 1.40 bits per heavy atom. The van der Waals surface area contributed by atoms with Crippen LogP contribution in [0.3, 0.4) is 0 Å². The lowest BCUT2D eigenvalue weighted by Crippen LogP contribution is -1.86. The Kier molecular flexibility index (Phi) is 3.72. The summed E-state index contributed by atoms with van der Waals surface area (Å²) in [4.78, 5) is 4.49. The maximum absolute atomic E-state index is 6.18. The first kappa shape index (κ1) is 13.2. The molecule has 0 radical (unpaired) electrons. The Morgan fingerprint density at radius 1 is 0.700 bits per heavy atom. The number of aromatic nitrogens is 1. The molecule has 0 atom stereocenters. The zero-order chi connectivity index (χ0) is 13.9. The summed E-state index contributed by atoms with van der Waals surface area (Å²) in [6.07, 6.45) is 1.85. The fraction of sp³-hybridized carbons (Fsp3) is 0. The van der Waals surface area contributed by atoms with Crippen LogP contribution in [0.4, 0.5) is 0 Å². The minimum absolute atomic E-state index is 0.708. The number of hydrogen-bond donors (Lipinski definition) is 0. The van der Waals surface area contributed by atoms with Crippen LogP contribution in [0.1, 0.15) is 0 Å². The Morgan fingerprint density at radius 3 is 2.05 bits per heavy atom. The summed E-state index contributed by atoms with van der Waals surface area (Å²) >= 11 is 12.1. The molecular weight excluding hydrogens is 289 g/mol. The van der Waals surface area contributed by atoms with Gasteiger partial charge in [0.15, 0.2) is 0 Å². The first-order valence-corrected chi connectivity index (χ1v) is 6.96. The average molecular weight is 300 g/mol. The number of benzene rings is 2. The van der Waals surface area contributed by atoms with Gasteiger partial charge in [-0.05, 0) is 29.8 Å². The third kappa shape index (κ3) is 2.69. The fourth-order valence-corrected chi connectivity index (χ4v) is 2.39. The van der Waals surface area contributed by atoms with Gasteiger partial charge in [-0.15, -0.1) is 0 Å². The molecule has 0 saturated carbocycles. The molecule has 0 spiro atoms. The van der Waals surface area contributed by atoms with Crippen molar-refractivity contribution in [2.75, 3.05) is 0 Å². The topological polar surface area (TPSA) is 12.9 Å². The molecule has 0 aliphatic rings. The van der Waals surface area contributed by atoms with E-state index in [2.05, 4.69) is 4.98 Å². The van der Waals surface area contributed by atoms with Crippen LogP contribution in [0, 0.1) is 0 Å². The van der Waals surface area contributed by atoms with Gasteiger partial charge in [0.25, 0.3) is 0 Å². The highest BCUT2D eigenvalue weighted by molar-refractivity contribution is 6.33. The molecule has 1 nitrogen and oxygen atoms in total. The number of nitrogens with zero attached hydrogens (tertiary/aromatic N) is 1. The van der Waals surface area contributed by atoms with E-state index in [9.17, 15) is 0 Å². The van der Waals surface area contributed by atoms with Gasteiger partial charge in [-0.2, -0.15) is 0 Å². The normalized spacial score (nSPS) is 10.5. The van der Waals surface area contributed by atoms with Gasteiger partial charge >= 0.3 is 0 Å². The van der Waals surface area contributed by atoms with Crippen molar-refractivity contribution in [1.29, 1.82) is 0 Å². The van der Waals surface area contributed by atoms with E-state index in [1.54, 1.807) is 0 Å². The van der Waals surface area contributed by atoms with Crippen LogP contribution in [0.2, 0.25) is 10.0 Å². The van der Waals surface area contributed by atoms with Crippen LogP contribution in [0.15, 0.2) is 66.9 Å². The molecule has 0 unspecified atom stereocenters. The van der Waals surface area contributed by atoms with E-state index in [1.807, 2.05) is 66.9 Å². The van der Waals surface area contributed by atoms with Crippen LogP contribution in [0.25, 0.3) is 22.4 Å². The Bertz CT molecular complexity index is 719. The lowest BCUT2D eigenvalue weighted by molar-refractivity contribution is 1.32. The monoisotopic (exact) mass is 299 g/mol. The molecular formula is C17H11Cl2N. The molecule has 3 heteroatoms. The number of halogens is 2. The van der Waals surface area contributed by atoms with Gasteiger partial charge in [-0.1, -0.05) is 59.6 Å². The van der Waals surface area contributed by atoms with E-state index >= 15 is 0 Å². The number of hydrogen-bond acceptors (Lipinski definition) is 1. The van der Waals surface area contributed by atoms with Crippen LogP contribution in [-0.4, -0.2) is 4.98 Å². The van der Waals surface area contributed by atoms with E-state index in [1.165, 1.54) is 0 Å². The molecule has 0 aliphatic carbocycles. The highest BCUT2D eigenvalue weighted by Crippen LogP contribution is 2.28. The van der Waals surface area contributed by atoms with E-state index in [-0.39, 0.29) is 0 Å². The Hall–Kier alpha value is -1.83. The first-order chi connectivity index (χ1) is 9.74. The molecule has 0 N–H and O–H groups in total. The molecule has 98 valence electrons. The summed E-state index contributed by atoms with van der Waals surface area (Å²) in [5.41, 5.74) is 3.95. The van der Waals surface area contributed by atoms with Crippen molar-refractivity contribution in [3.63, 3.8) is 0 Å². The van der Waals surface area contributed by atoms with Gasteiger partial charge in [0.05, 0.1) is 5.69 Å². The second kappa shape index (κ2) is 5.66. The lowest BCUT2D eigenvalue weighted by Gasteiger charge is -2.05. The van der Waals surface area contributed by atoms with Crippen LogP contribution < -0.4 is 0 Å². The van der Waals surface area contributed by atoms with Crippen molar-refractivity contribution >= 4 is 23.2 Å². The molecule has 0 amide bonds. The van der Waals surface area contributed by atoms with E-state index in [0.29, 0.717) is 5.02 Å². The summed E-state index contributed by atoms with van der Waals surface area (Å²) in [5, 5.41) is 1.44. The third-order valence-electron chi connectivity index (χ3n) is 3.09. The zero-order valence-electron chi connectivity index (χ0n) is 10.6. The predicted octanol–water partition coefficient (Wildman–Crippen LogP) is 5.72. The quantitative estimate of drug-likeness (QED) is 0.589. The average Bonchev–Trinajstić information content (AvgIpc) is 2.49. The lowest BCUT2D eigenvalue weighted by atomic mass is 10.1. The zero-order valence-corrected chi connectivity index (χ0v) is 12.1. The highest BCUT2D eigenvalue weighted by atomic mass is 35.5. The Balaban J connectivity index is 1.96. The second-order valence-corrected chi connectivity index (χ2v) is 5.26. The van der Waals surface area contributed by atoms with E-state index in [4.69, 9.17) is 23.2 Å². The van der Waals surface area contributed by atoms with E-state index in [0.717, 1.165) is 27.4 Å². The summed E-state index contributed by atoms with van der Waals surface area (Å²) < 4.78 is 0. The molecule has 1 aromatic heterocycles. The number of rotatable bonds is 2. The van der Waals surface area contributed by atoms with Crippen LogP contribution in [-0.2, 0) is 0 Å². The summed E-state index contributed by atoms with van der Waals surface area (Å²) in [6, 6.07) is 19.4. The second-order valence-electron chi connectivity index (χ2n) is 4.42. The summed E-state index contributed by atoms with van der Waals surface area (Å²) in [6.45, 7) is 0. The van der Waals surface area contributed by atoms with Gasteiger partial charge in [0.2, 0.25) is 0 Å². The van der Waals surface area contributed by atoms with Crippen molar-refractivity contribution in [2.24, 2.45) is 0 Å². The van der Waals surface area contributed by atoms with Gasteiger partial charge < -0.3 is 0 Å². The molecule has 1 heterocycles. The van der Waals surface area contributed by atoms with Crippen molar-refractivity contribution < 1.29 is 0 Å². The predicted molar refractivity (Wildman–Crippen MR) is 85.1 cm³/mol. The molecule has 0 saturated heterocycles. The standard InChI is InChI=1S/C17H11Cl2N/c18-14-8-5-12(6-9-14)13-7-10-17(20-11-13)15-3-1-2-4-16(15)19/h1-11H. The van der Waals surface area contributed by atoms with Gasteiger partial charge in [-0.25, -0.2) is 0 Å². The summed E-state index contributed by atoms with van der Waals surface area (Å²) in [7, 11) is 0. The molecule has 0 aliphatic heterocycles. The molecule has 2 aromatic carbocycles. The Labute approximate surface area is 127 Å². The summed E-state index contributed by atoms with van der Waals surface area (Å²) in [5.74, 6) is 0. The minimum atomic E-state index is 0.708. The van der Waals surface area contributed by atoms with Gasteiger partial charge in [-0.3, -0.25) is 4.98 Å². The molecule has 3 aromatic rings. The van der Waals surface area contributed by atoms with Crippen molar-refractivity contribution in [2.45, 2.75) is 0 Å². The highest BCUT2D eigenvalue weighted by Gasteiger charge is 2.04. The van der Waals surface area contributed by atoms with Gasteiger partial charge in [0, 0.05) is 27.4 Å². The van der Waals surface area contributed by atoms with Crippen molar-refractivity contribution in [3.05, 3.63) is 76.9 Å². The molecule has 0 fully saturated rings. The molecule has 0 bridgehead atoms. The SMILES string of the molecule is Clc1ccc(-c2ccc(-c3ccccc3Cl)nc2)cc1. The fourth-order valence-electron chi connectivity index (χ4n) is 2.04. The van der Waals surface area contributed by atoms with Crippen LogP contribution in [0.5, 0.6) is 0 Å². The smallest absolute Gasteiger partial charge is 0.0717 e. The third-order valence-corrected chi connectivity index (χ3v) is 3.67. The largest absolute Gasteiger partial charge is 0.256 e. The maximum Gasteiger partial charge on any atom is 0.0717 e. The molecule has 3 rings (SSSR count).